The van der Waals surface area contributed by atoms with Crippen LogP contribution < -0.4 is 0 Å². The van der Waals surface area contributed by atoms with Gasteiger partial charge in [0.15, 0.2) is 3.95 Å². The number of hydrogen-bond donors (Lipinski definition) is 1. The monoisotopic (exact) mass is 223 g/mol. The van der Waals surface area contributed by atoms with Gasteiger partial charge in [-0.1, -0.05) is 25.5 Å². The summed E-state index contributed by atoms with van der Waals surface area (Å²) in [5.74, 6) is 0. The van der Waals surface area contributed by atoms with E-state index in [0.29, 0.717) is 0 Å². The number of para-hydroxylation sites is 1. The molecule has 2 rings (SSSR count). The molecule has 0 spiro atoms. The van der Waals surface area contributed by atoms with Crippen molar-refractivity contribution in [3.05, 3.63) is 27.7 Å². The molecule has 1 nitrogen and oxygen atoms in total. The summed E-state index contributed by atoms with van der Waals surface area (Å²) < 4.78 is 2.16. The highest BCUT2D eigenvalue weighted by Crippen LogP contribution is 2.23. The van der Waals surface area contributed by atoms with E-state index >= 15 is 0 Å². The molecule has 74 valence electrons. The van der Waals surface area contributed by atoms with E-state index in [0.717, 1.165) is 10.4 Å². The highest BCUT2D eigenvalue weighted by Gasteiger charge is 2.02. The molecule has 0 aliphatic heterocycles. The minimum atomic E-state index is 0.879. The Morgan fingerprint density at radius 3 is 3.07 bits per heavy atom. The Morgan fingerprint density at radius 1 is 1.43 bits per heavy atom. The van der Waals surface area contributed by atoms with Crippen LogP contribution in [0.5, 0.6) is 0 Å². The predicted octanol–water partition coefficient (Wildman–Crippen LogP) is 4.30. The summed E-state index contributed by atoms with van der Waals surface area (Å²) in [6.07, 6.45) is 3.63. The molecule has 0 fully saturated rings. The summed E-state index contributed by atoms with van der Waals surface area (Å²) in [6.45, 7) is 2.22. The smallest absolute Gasteiger partial charge is 0.159 e. The Balaban J connectivity index is 2.47. The van der Waals surface area contributed by atoms with Crippen molar-refractivity contribution in [2.45, 2.75) is 26.2 Å². The first kappa shape index (κ1) is 9.87. The summed E-state index contributed by atoms with van der Waals surface area (Å²) in [4.78, 5) is 3.27. The van der Waals surface area contributed by atoms with Crippen LogP contribution in [0.4, 0.5) is 0 Å². The maximum atomic E-state index is 5.15. The van der Waals surface area contributed by atoms with Gasteiger partial charge in [0, 0.05) is 0 Å². The second-order valence-electron chi connectivity index (χ2n) is 3.41. The molecule has 0 unspecified atom stereocenters. The number of aromatic nitrogens is 1. The summed E-state index contributed by atoms with van der Waals surface area (Å²) in [7, 11) is 0. The van der Waals surface area contributed by atoms with E-state index in [9.17, 15) is 0 Å². The Kier molecular flexibility index (Phi) is 2.99. The van der Waals surface area contributed by atoms with Gasteiger partial charge in [-0.2, -0.15) is 0 Å². The molecule has 0 aliphatic rings. The van der Waals surface area contributed by atoms with Crippen LogP contribution in [0.25, 0.3) is 10.2 Å². The van der Waals surface area contributed by atoms with Crippen LogP contribution in [0.3, 0.4) is 0 Å². The van der Waals surface area contributed by atoms with Crippen LogP contribution in [-0.2, 0) is 6.42 Å². The zero-order chi connectivity index (χ0) is 9.97. The van der Waals surface area contributed by atoms with Crippen molar-refractivity contribution in [1.29, 1.82) is 0 Å². The van der Waals surface area contributed by atoms with E-state index in [4.69, 9.17) is 12.2 Å². The fourth-order valence-corrected chi connectivity index (χ4v) is 2.76. The van der Waals surface area contributed by atoms with Crippen LogP contribution in [-0.4, -0.2) is 4.98 Å². The van der Waals surface area contributed by atoms with Crippen molar-refractivity contribution < 1.29 is 0 Å². The molecule has 0 saturated carbocycles. The fourth-order valence-electron chi connectivity index (χ4n) is 1.61. The number of aryl methyl sites for hydroxylation is 1. The number of H-pyrrole nitrogens is 1. The number of thiazole rings is 1. The van der Waals surface area contributed by atoms with Gasteiger partial charge in [0.25, 0.3) is 0 Å². The van der Waals surface area contributed by atoms with E-state index in [1.807, 2.05) is 0 Å². The van der Waals surface area contributed by atoms with Crippen LogP contribution in [0, 0.1) is 3.95 Å². The number of nitrogens with one attached hydrogen (secondary N) is 1. The van der Waals surface area contributed by atoms with Gasteiger partial charge in [0.2, 0.25) is 0 Å². The quantitative estimate of drug-likeness (QED) is 0.767. The van der Waals surface area contributed by atoms with Crippen molar-refractivity contribution in [3.8, 4) is 0 Å². The molecular formula is C11H13NS2. The maximum Gasteiger partial charge on any atom is 0.159 e. The minimum absolute atomic E-state index is 0.879. The third-order valence-electron chi connectivity index (χ3n) is 2.34. The molecular weight excluding hydrogens is 210 g/mol. The lowest BCUT2D eigenvalue weighted by atomic mass is 10.1. The average Bonchev–Trinajstić information content (AvgIpc) is 2.55. The molecule has 1 aromatic heterocycles. The lowest BCUT2D eigenvalue weighted by molar-refractivity contribution is 0.798. The van der Waals surface area contributed by atoms with Gasteiger partial charge in [0.1, 0.15) is 0 Å². The zero-order valence-corrected chi connectivity index (χ0v) is 9.80. The molecule has 2 aromatic rings. The Labute approximate surface area is 92.8 Å². The Bertz CT molecular complexity index is 481. The topological polar surface area (TPSA) is 15.8 Å². The van der Waals surface area contributed by atoms with E-state index < -0.39 is 0 Å². The third kappa shape index (κ3) is 1.88. The first-order chi connectivity index (χ1) is 6.81. The molecule has 14 heavy (non-hydrogen) atoms. The predicted molar refractivity (Wildman–Crippen MR) is 65.6 cm³/mol. The normalized spacial score (nSPS) is 10.9. The van der Waals surface area contributed by atoms with Gasteiger partial charge >= 0.3 is 0 Å². The summed E-state index contributed by atoms with van der Waals surface area (Å²) in [6, 6.07) is 6.43. The fraction of sp³-hybridized carbons (Fsp3) is 0.364. The van der Waals surface area contributed by atoms with Gasteiger partial charge in [-0.15, -0.1) is 11.3 Å². The van der Waals surface area contributed by atoms with E-state index in [1.165, 1.54) is 28.6 Å². The lowest BCUT2D eigenvalue weighted by Gasteiger charge is -2.00. The molecule has 3 heteroatoms. The number of rotatable bonds is 3. The molecule has 0 saturated heterocycles. The van der Waals surface area contributed by atoms with Gasteiger partial charge in [-0.3, -0.25) is 0 Å². The minimum Gasteiger partial charge on any atom is -0.337 e. The number of aromatic amines is 1. The van der Waals surface area contributed by atoms with Crippen LogP contribution >= 0.6 is 23.6 Å². The molecule has 0 bridgehead atoms. The number of unbranched alkanes of at least 4 members (excludes halogenated alkanes) is 1. The first-order valence-corrected chi connectivity index (χ1v) is 6.14. The molecule has 0 aliphatic carbocycles. The largest absolute Gasteiger partial charge is 0.337 e. The van der Waals surface area contributed by atoms with Crippen molar-refractivity contribution in [2.24, 2.45) is 0 Å². The second kappa shape index (κ2) is 4.24. The SMILES string of the molecule is CCCCc1cccc2sc(=S)[nH]c12. The molecule has 1 aromatic carbocycles. The van der Waals surface area contributed by atoms with Crippen molar-refractivity contribution in [1.82, 2.24) is 4.98 Å². The molecule has 1 heterocycles. The number of fused-ring (bicyclic) bond motifs is 1. The Morgan fingerprint density at radius 2 is 2.29 bits per heavy atom. The molecule has 0 amide bonds. The molecule has 1 N–H and O–H groups in total. The molecule has 0 radical (unpaired) electrons. The summed E-state index contributed by atoms with van der Waals surface area (Å²) in [5, 5.41) is 0. The zero-order valence-electron chi connectivity index (χ0n) is 8.17. The number of benzene rings is 1. The lowest BCUT2D eigenvalue weighted by Crippen LogP contribution is -1.85. The molecule has 0 atom stereocenters. The standard InChI is InChI=1S/C11H13NS2/c1-2-3-5-8-6-4-7-9-10(8)12-11(13)14-9/h4,6-7H,2-3,5H2,1H3,(H,12,13). The van der Waals surface area contributed by atoms with Gasteiger partial charge < -0.3 is 4.98 Å². The van der Waals surface area contributed by atoms with E-state index in [1.54, 1.807) is 11.3 Å². The van der Waals surface area contributed by atoms with Crippen LogP contribution in [0.15, 0.2) is 18.2 Å². The van der Waals surface area contributed by atoms with Crippen molar-refractivity contribution >= 4 is 33.8 Å². The van der Waals surface area contributed by atoms with Crippen LogP contribution in [0.1, 0.15) is 25.3 Å². The van der Waals surface area contributed by atoms with Gasteiger partial charge in [-0.25, -0.2) is 0 Å². The van der Waals surface area contributed by atoms with Gasteiger partial charge in [-0.05, 0) is 36.7 Å². The second-order valence-corrected chi connectivity index (χ2v) is 5.13. The van der Waals surface area contributed by atoms with E-state index in [-0.39, 0.29) is 0 Å². The maximum absolute atomic E-state index is 5.15. The highest BCUT2D eigenvalue weighted by atomic mass is 32.1. The Hall–Kier alpha value is -0.670. The van der Waals surface area contributed by atoms with Gasteiger partial charge in [0.05, 0.1) is 10.2 Å². The van der Waals surface area contributed by atoms with Crippen molar-refractivity contribution in [2.75, 3.05) is 0 Å². The van der Waals surface area contributed by atoms with Crippen molar-refractivity contribution in [3.63, 3.8) is 0 Å². The van der Waals surface area contributed by atoms with Crippen LogP contribution in [0.2, 0.25) is 0 Å². The third-order valence-corrected chi connectivity index (χ3v) is 3.54. The summed E-state index contributed by atoms with van der Waals surface area (Å²) >= 11 is 6.81. The summed E-state index contributed by atoms with van der Waals surface area (Å²) in [5.41, 5.74) is 2.65. The van der Waals surface area contributed by atoms with E-state index in [2.05, 4.69) is 30.1 Å². The average molecular weight is 223 g/mol. The first-order valence-electron chi connectivity index (χ1n) is 4.92. The highest BCUT2D eigenvalue weighted by molar-refractivity contribution is 7.73. The number of hydrogen-bond acceptors (Lipinski definition) is 2.